The standard InChI is InChI=1S/C36H21NO4/c1-3-9-29-25(7-1)27-16-13-23(20-35(27)39-29)37(22-14-17-31-28(19-22)26-8-2-4-10-30(26)38-31)24-15-18-34-36(21-24)41-33-12-6-5-11-32(33)40-34/h1-21H. The SMILES string of the molecule is c1ccc2c(c1)Oc1ccc(N(c3ccc4c(c3)oc3ccccc34)c3ccc4oc5ccccc5c4c3)cc1O2. The first-order chi connectivity index (χ1) is 20.3. The molecule has 5 heteroatoms. The first-order valence-electron chi connectivity index (χ1n) is 13.5. The number of ether oxygens (including phenoxy) is 2. The van der Waals surface area contributed by atoms with Crippen molar-refractivity contribution in [2.45, 2.75) is 0 Å². The summed E-state index contributed by atoms with van der Waals surface area (Å²) in [5, 5.41) is 4.32. The Morgan fingerprint density at radius 1 is 0.341 bits per heavy atom. The predicted octanol–water partition coefficient (Wildman–Crippen LogP) is 10.9. The van der Waals surface area contributed by atoms with Gasteiger partial charge in [0.1, 0.15) is 22.3 Å². The minimum atomic E-state index is 0.658. The van der Waals surface area contributed by atoms with Crippen molar-refractivity contribution in [2.24, 2.45) is 0 Å². The second kappa shape index (κ2) is 8.41. The second-order valence-electron chi connectivity index (χ2n) is 10.2. The summed E-state index contributed by atoms with van der Waals surface area (Å²) in [7, 11) is 0. The van der Waals surface area contributed by atoms with Crippen molar-refractivity contribution >= 4 is 60.9 Å². The van der Waals surface area contributed by atoms with Crippen LogP contribution in [0.3, 0.4) is 0 Å². The van der Waals surface area contributed by atoms with Gasteiger partial charge in [-0.2, -0.15) is 0 Å². The van der Waals surface area contributed by atoms with Crippen LogP contribution in [0.25, 0.3) is 43.9 Å². The maximum Gasteiger partial charge on any atom is 0.172 e. The molecule has 6 aromatic carbocycles. The lowest BCUT2D eigenvalue weighted by Gasteiger charge is -2.27. The maximum atomic E-state index is 6.28. The summed E-state index contributed by atoms with van der Waals surface area (Å²) in [5.41, 5.74) is 6.28. The Bertz CT molecular complexity index is 2290. The summed E-state index contributed by atoms with van der Waals surface area (Å²) < 4.78 is 24.8. The van der Waals surface area contributed by atoms with E-state index in [-0.39, 0.29) is 0 Å². The zero-order chi connectivity index (χ0) is 26.9. The Morgan fingerprint density at radius 3 is 1.66 bits per heavy atom. The summed E-state index contributed by atoms with van der Waals surface area (Å²) in [6, 6.07) is 42.6. The molecule has 0 saturated carbocycles. The molecule has 0 bridgehead atoms. The highest BCUT2D eigenvalue weighted by Crippen LogP contribution is 2.48. The third-order valence-electron chi connectivity index (χ3n) is 7.71. The number of fused-ring (bicyclic) bond motifs is 8. The third kappa shape index (κ3) is 3.42. The molecule has 1 aliphatic heterocycles. The molecule has 41 heavy (non-hydrogen) atoms. The molecule has 0 unspecified atom stereocenters. The Balaban J connectivity index is 1.25. The van der Waals surface area contributed by atoms with Crippen LogP contribution in [0, 0.1) is 0 Å². The van der Waals surface area contributed by atoms with Crippen molar-refractivity contribution in [3.63, 3.8) is 0 Å². The molecular formula is C36H21NO4. The highest BCUT2D eigenvalue weighted by atomic mass is 16.6. The van der Waals surface area contributed by atoms with Gasteiger partial charge < -0.3 is 23.2 Å². The summed E-state index contributed by atoms with van der Waals surface area (Å²) in [5.74, 6) is 2.73. The smallest absolute Gasteiger partial charge is 0.172 e. The normalized spacial score (nSPS) is 12.3. The van der Waals surface area contributed by atoms with E-state index in [9.17, 15) is 0 Å². The minimum Gasteiger partial charge on any atom is -0.456 e. The van der Waals surface area contributed by atoms with Crippen molar-refractivity contribution in [1.29, 1.82) is 0 Å². The number of furan rings is 2. The molecule has 0 N–H and O–H groups in total. The van der Waals surface area contributed by atoms with Crippen molar-refractivity contribution in [3.05, 3.63) is 127 Å². The molecule has 0 aliphatic carbocycles. The lowest BCUT2D eigenvalue weighted by atomic mass is 10.1. The molecule has 0 spiro atoms. The average molecular weight is 532 g/mol. The van der Waals surface area contributed by atoms with Gasteiger partial charge in [0.2, 0.25) is 0 Å². The number of benzene rings is 6. The quantitative estimate of drug-likeness (QED) is 0.227. The molecule has 0 radical (unpaired) electrons. The van der Waals surface area contributed by atoms with E-state index in [2.05, 4.69) is 53.4 Å². The van der Waals surface area contributed by atoms with Crippen LogP contribution in [0.15, 0.2) is 136 Å². The second-order valence-corrected chi connectivity index (χ2v) is 10.2. The molecule has 1 aliphatic rings. The zero-order valence-electron chi connectivity index (χ0n) is 21.7. The Morgan fingerprint density at radius 2 is 0.854 bits per heavy atom. The highest BCUT2D eigenvalue weighted by Gasteiger charge is 2.22. The van der Waals surface area contributed by atoms with Gasteiger partial charge in [-0.25, -0.2) is 0 Å². The van der Waals surface area contributed by atoms with Crippen molar-refractivity contribution < 1.29 is 18.3 Å². The van der Waals surface area contributed by atoms with Gasteiger partial charge in [-0.3, -0.25) is 0 Å². The van der Waals surface area contributed by atoms with Crippen LogP contribution in [0.2, 0.25) is 0 Å². The highest BCUT2D eigenvalue weighted by molar-refractivity contribution is 6.08. The summed E-state index contributed by atoms with van der Waals surface area (Å²) in [6.07, 6.45) is 0. The molecule has 5 nitrogen and oxygen atoms in total. The van der Waals surface area contributed by atoms with Crippen molar-refractivity contribution in [2.75, 3.05) is 4.90 Å². The summed E-state index contributed by atoms with van der Waals surface area (Å²) >= 11 is 0. The van der Waals surface area contributed by atoms with Gasteiger partial charge >= 0.3 is 0 Å². The molecule has 2 aromatic heterocycles. The van der Waals surface area contributed by atoms with Gasteiger partial charge in [-0.1, -0.05) is 48.5 Å². The van der Waals surface area contributed by atoms with E-state index in [0.29, 0.717) is 23.0 Å². The van der Waals surface area contributed by atoms with Crippen LogP contribution in [0.4, 0.5) is 17.1 Å². The average Bonchev–Trinajstić information content (AvgIpc) is 3.58. The van der Waals surface area contributed by atoms with Gasteiger partial charge in [-0.15, -0.1) is 0 Å². The molecule has 0 amide bonds. The van der Waals surface area contributed by atoms with E-state index in [4.69, 9.17) is 18.3 Å². The van der Waals surface area contributed by atoms with Crippen LogP contribution in [-0.2, 0) is 0 Å². The molecule has 0 fully saturated rings. The third-order valence-corrected chi connectivity index (χ3v) is 7.71. The molecule has 0 saturated heterocycles. The largest absolute Gasteiger partial charge is 0.456 e. The summed E-state index contributed by atoms with van der Waals surface area (Å²) in [4.78, 5) is 2.21. The lowest BCUT2D eigenvalue weighted by molar-refractivity contribution is 0.360. The van der Waals surface area contributed by atoms with E-state index < -0.39 is 0 Å². The molecule has 194 valence electrons. The summed E-state index contributed by atoms with van der Waals surface area (Å²) in [6.45, 7) is 0. The topological polar surface area (TPSA) is 48.0 Å². The fourth-order valence-corrected chi connectivity index (χ4v) is 5.81. The maximum absolute atomic E-state index is 6.28. The van der Waals surface area contributed by atoms with Gasteiger partial charge in [0, 0.05) is 45.1 Å². The Kier molecular flexibility index (Phi) is 4.55. The van der Waals surface area contributed by atoms with Crippen molar-refractivity contribution in [3.8, 4) is 23.0 Å². The Labute approximate surface area is 234 Å². The van der Waals surface area contributed by atoms with E-state index in [1.807, 2.05) is 78.9 Å². The van der Waals surface area contributed by atoms with E-state index >= 15 is 0 Å². The van der Waals surface area contributed by atoms with Gasteiger partial charge in [0.25, 0.3) is 0 Å². The lowest BCUT2D eigenvalue weighted by Crippen LogP contribution is -2.10. The monoisotopic (exact) mass is 531 g/mol. The number of hydrogen-bond acceptors (Lipinski definition) is 5. The van der Waals surface area contributed by atoms with Gasteiger partial charge in [0.05, 0.1) is 5.69 Å². The minimum absolute atomic E-state index is 0.658. The molecular weight excluding hydrogens is 510 g/mol. The predicted molar refractivity (Wildman–Crippen MR) is 162 cm³/mol. The van der Waals surface area contributed by atoms with Crippen LogP contribution in [0.1, 0.15) is 0 Å². The number of hydrogen-bond donors (Lipinski definition) is 0. The van der Waals surface area contributed by atoms with Crippen LogP contribution in [0.5, 0.6) is 23.0 Å². The number of rotatable bonds is 3. The number of nitrogens with zero attached hydrogens (tertiary/aromatic N) is 1. The fraction of sp³-hybridized carbons (Fsp3) is 0. The van der Waals surface area contributed by atoms with Crippen LogP contribution >= 0.6 is 0 Å². The zero-order valence-corrected chi connectivity index (χ0v) is 21.7. The molecule has 9 rings (SSSR count). The first-order valence-corrected chi connectivity index (χ1v) is 13.5. The number of para-hydroxylation sites is 4. The van der Waals surface area contributed by atoms with E-state index in [1.54, 1.807) is 0 Å². The van der Waals surface area contributed by atoms with Gasteiger partial charge in [0.15, 0.2) is 23.0 Å². The number of anilines is 3. The Hall–Kier alpha value is -5.68. The van der Waals surface area contributed by atoms with Crippen LogP contribution < -0.4 is 14.4 Å². The first kappa shape index (κ1) is 22.2. The van der Waals surface area contributed by atoms with E-state index in [1.165, 1.54) is 0 Å². The molecule has 0 atom stereocenters. The molecule has 3 heterocycles. The van der Waals surface area contributed by atoms with Crippen molar-refractivity contribution in [1.82, 2.24) is 0 Å². The van der Waals surface area contributed by atoms with Gasteiger partial charge in [-0.05, 0) is 66.7 Å². The van der Waals surface area contributed by atoms with Crippen LogP contribution in [-0.4, -0.2) is 0 Å². The fourth-order valence-electron chi connectivity index (χ4n) is 5.81. The van der Waals surface area contributed by atoms with E-state index in [0.717, 1.165) is 60.9 Å². The molecule has 8 aromatic rings.